The SMILES string of the molecule is CCc1cc(C(F)(F)F)n2nc([C@@H]3CCN(C(=O)c4ccncc4)C3)cc2n1. The van der Waals surface area contributed by atoms with E-state index >= 15 is 0 Å². The molecule has 1 amide bonds. The fraction of sp³-hybridized carbons (Fsp3) is 0.368. The molecule has 6 nitrogen and oxygen atoms in total. The summed E-state index contributed by atoms with van der Waals surface area (Å²) in [5.41, 5.74) is 0.784. The second-order valence-electron chi connectivity index (χ2n) is 6.80. The molecule has 146 valence electrons. The first kappa shape index (κ1) is 18.4. The zero-order valence-corrected chi connectivity index (χ0v) is 15.1. The fourth-order valence-corrected chi connectivity index (χ4v) is 3.49. The molecule has 0 aliphatic carbocycles. The molecule has 1 aliphatic heterocycles. The standard InChI is InChI=1S/C19H18F3N5O/c1-2-14-9-16(19(20,21)22)27-17(24-14)10-15(25-27)13-5-8-26(11-13)18(28)12-3-6-23-7-4-12/h3-4,6-7,9-10,13H,2,5,8,11H2,1H3/t13-/m1/s1. The van der Waals surface area contributed by atoms with Crippen molar-refractivity contribution in [2.75, 3.05) is 13.1 Å². The van der Waals surface area contributed by atoms with Crippen molar-refractivity contribution in [1.82, 2.24) is 24.5 Å². The molecule has 0 unspecified atom stereocenters. The van der Waals surface area contributed by atoms with Crippen LogP contribution in [0.25, 0.3) is 5.65 Å². The highest BCUT2D eigenvalue weighted by atomic mass is 19.4. The minimum atomic E-state index is -4.52. The number of likely N-dealkylation sites (tertiary alicyclic amines) is 1. The van der Waals surface area contributed by atoms with Gasteiger partial charge in [-0.2, -0.15) is 18.3 Å². The Bertz CT molecular complexity index is 1020. The molecule has 0 N–H and O–H groups in total. The molecule has 9 heteroatoms. The Morgan fingerprint density at radius 1 is 1.25 bits per heavy atom. The van der Waals surface area contributed by atoms with Crippen molar-refractivity contribution in [2.24, 2.45) is 0 Å². The van der Waals surface area contributed by atoms with Crippen LogP contribution >= 0.6 is 0 Å². The Labute approximate surface area is 159 Å². The predicted molar refractivity (Wildman–Crippen MR) is 94.9 cm³/mol. The van der Waals surface area contributed by atoms with Gasteiger partial charge in [0.15, 0.2) is 5.65 Å². The summed E-state index contributed by atoms with van der Waals surface area (Å²) >= 11 is 0. The van der Waals surface area contributed by atoms with Crippen LogP contribution in [0.3, 0.4) is 0 Å². The number of alkyl halides is 3. The highest BCUT2D eigenvalue weighted by Crippen LogP contribution is 2.32. The third kappa shape index (κ3) is 3.32. The van der Waals surface area contributed by atoms with Crippen molar-refractivity contribution in [2.45, 2.75) is 31.9 Å². The first-order valence-corrected chi connectivity index (χ1v) is 9.03. The number of aryl methyl sites for hydroxylation is 1. The first-order valence-electron chi connectivity index (χ1n) is 9.03. The number of hydrogen-bond donors (Lipinski definition) is 0. The molecular formula is C19H18F3N5O. The van der Waals surface area contributed by atoms with Crippen molar-refractivity contribution in [3.05, 3.63) is 59.3 Å². The quantitative estimate of drug-likeness (QED) is 0.689. The van der Waals surface area contributed by atoms with Crippen LogP contribution in [0.4, 0.5) is 13.2 Å². The normalized spacial score (nSPS) is 17.4. The van der Waals surface area contributed by atoms with Gasteiger partial charge in [-0.25, -0.2) is 9.50 Å². The summed E-state index contributed by atoms with van der Waals surface area (Å²) in [4.78, 5) is 22.4. The Morgan fingerprint density at radius 3 is 2.68 bits per heavy atom. The van der Waals surface area contributed by atoms with Crippen LogP contribution in [0.2, 0.25) is 0 Å². The molecule has 4 heterocycles. The van der Waals surface area contributed by atoms with Gasteiger partial charge in [-0.15, -0.1) is 0 Å². The Balaban J connectivity index is 1.63. The lowest BCUT2D eigenvalue weighted by Crippen LogP contribution is -2.28. The maximum absolute atomic E-state index is 13.4. The van der Waals surface area contributed by atoms with Gasteiger partial charge in [0.1, 0.15) is 5.69 Å². The third-order valence-electron chi connectivity index (χ3n) is 4.97. The number of hydrogen-bond acceptors (Lipinski definition) is 4. The maximum Gasteiger partial charge on any atom is 0.433 e. The molecule has 1 fully saturated rings. The van der Waals surface area contributed by atoms with Crippen LogP contribution < -0.4 is 0 Å². The van der Waals surface area contributed by atoms with E-state index in [9.17, 15) is 18.0 Å². The zero-order chi connectivity index (χ0) is 19.9. The van der Waals surface area contributed by atoms with Gasteiger partial charge in [-0.1, -0.05) is 6.92 Å². The van der Waals surface area contributed by atoms with E-state index in [1.807, 2.05) is 0 Å². The molecule has 4 rings (SSSR count). The minimum Gasteiger partial charge on any atom is -0.338 e. The maximum atomic E-state index is 13.4. The lowest BCUT2D eigenvalue weighted by Gasteiger charge is -2.15. The van der Waals surface area contributed by atoms with Crippen LogP contribution in [0.5, 0.6) is 0 Å². The van der Waals surface area contributed by atoms with E-state index in [4.69, 9.17) is 0 Å². The number of amides is 1. The average Bonchev–Trinajstić information content (AvgIpc) is 3.33. The Kier molecular flexibility index (Phi) is 4.52. The van der Waals surface area contributed by atoms with E-state index in [-0.39, 0.29) is 17.5 Å². The fourth-order valence-electron chi connectivity index (χ4n) is 3.49. The smallest absolute Gasteiger partial charge is 0.338 e. The monoisotopic (exact) mass is 389 g/mol. The predicted octanol–water partition coefficient (Wildman–Crippen LogP) is 3.34. The van der Waals surface area contributed by atoms with Gasteiger partial charge < -0.3 is 4.90 Å². The molecule has 28 heavy (non-hydrogen) atoms. The highest BCUT2D eigenvalue weighted by Gasteiger charge is 2.36. The molecule has 0 aromatic carbocycles. The van der Waals surface area contributed by atoms with Crippen molar-refractivity contribution in [3.63, 3.8) is 0 Å². The third-order valence-corrected chi connectivity index (χ3v) is 4.97. The van der Waals surface area contributed by atoms with E-state index in [0.29, 0.717) is 42.9 Å². The number of rotatable bonds is 3. The number of pyridine rings is 1. The summed E-state index contributed by atoms with van der Waals surface area (Å²) in [7, 11) is 0. The molecule has 3 aromatic rings. The molecule has 0 bridgehead atoms. The highest BCUT2D eigenvalue weighted by molar-refractivity contribution is 5.94. The summed E-state index contributed by atoms with van der Waals surface area (Å²) in [6.07, 6.45) is -0.370. The number of carbonyl (C=O) groups excluding carboxylic acids is 1. The van der Waals surface area contributed by atoms with Crippen LogP contribution in [0, 0.1) is 0 Å². The topological polar surface area (TPSA) is 63.4 Å². The Morgan fingerprint density at radius 2 is 2.00 bits per heavy atom. The van der Waals surface area contributed by atoms with E-state index in [1.54, 1.807) is 42.4 Å². The lowest BCUT2D eigenvalue weighted by molar-refractivity contribution is -0.142. The van der Waals surface area contributed by atoms with Gasteiger partial charge in [-0.3, -0.25) is 9.78 Å². The van der Waals surface area contributed by atoms with Gasteiger partial charge >= 0.3 is 6.18 Å². The number of fused-ring (bicyclic) bond motifs is 1. The molecule has 1 aliphatic rings. The van der Waals surface area contributed by atoms with Crippen molar-refractivity contribution in [3.8, 4) is 0 Å². The number of halogens is 3. The minimum absolute atomic E-state index is 0.115. The van der Waals surface area contributed by atoms with E-state index in [0.717, 1.165) is 10.6 Å². The summed E-state index contributed by atoms with van der Waals surface area (Å²) < 4.78 is 41.2. The number of carbonyl (C=O) groups is 1. The average molecular weight is 389 g/mol. The summed E-state index contributed by atoms with van der Waals surface area (Å²) in [5, 5.41) is 4.19. The summed E-state index contributed by atoms with van der Waals surface area (Å²) in [6, 6.07) is 5.93. The summed E-state index contributed by atoms with van der Waals surface area (Å²) in [5.74, 6) is -0.241. The second kappa shape index (κ2) is 6.88. The second-order valence-corrected chi connectivity index (χ2v) is 6.80. The van der Waals surface area contributed by atoms with Crippen LogP contribution in [-0.4, -0.2) is 43.5 Å². The van der Waals surface area contributed by atoms with Crippen LogP contribution in [-0.2, 0) is 12.6 Å². The van der Waals surface area contributed by atoms with Gasteiger partial charge in [0.25, 0.3) is 5.91 Å². The van der Waals surface area contributed by atoms with Crippen LogP contribution in [0.15, 0.2) is 36.7 Å². The molecular weight excluding hydrogens is 371 g/mol. The number of nitrogens with zero attached hydrogens (tertiary/aromatic N) is 5. The van der Waals surface area contributed by atoms with Crippen molar-refractivity contribution in [1.29, 1.82) is 0 Å². The molecule has 0 radical (unpaired) electrons. The molecule has 0 spiro atoms. The van der Waals surface area contributed by atoms with Gasteiger partial charge in [-0.05, 0) is 31.0 Å². The zero-order valence-electron chi connectivity index (χ0n) is 15.1. The van der Waals surface area contributed by atoms with E-state index < -0.39 is 11.9 Å². The Hall–Kier alpha value is -2.97. The molecule has 3 aromatic heterocycles. The van der Waals surface area contributed by atoms with E-state index in [1.165, 1.54) is 0 Å². The van der Waals surface area contributed by atoms with Gasteiger partial charge in [0, 0.05) is 48.7 Å². The number of aromatic nitrogens is 4. The largest absolute Gasteiger partial charge is 0.433 e. The summed E-state index contributed by atoms with van der Waals surface area (Å²) in [6.45, 7) is 2.70. The van der Waals surface area contributed by atoms with Crippen molar-refractivity contribution >= 4 is 11.6 Å². The van der Waals surface area contributed by atoms with Gasteiger partial charge in [0.05, 0.1) is 5.69 Å². The first-order chi connectivity index (χ1) is 13.4. The van der Waals surface area contributed by atoms with Crippen molar-refractivity contribution < 1.29 is 18.0 Å². The molecule has 1 atom stereocenters. The van der Waals surface area contributed by atoms with E-state index in [2.05, 4.69) is 15.1 Å². The molecule has 1 saturated heterocycles. The van der Waals surface area contributed by atoms with Gasteiger partial charge in [0.2, 0.25) is 0 Å². The van der Waals surface area contributed by atoms with Crippen LogP contribution in [0.1, 0.15) is 46.7 Å². The lowest BCUT2D eigenvalue weighted by atomic mass is 10.1. The molecule has 0 saturated carbocycles.